The number of aliphatic hydroxyl groups is 4. The fourth-order valence-corrected chi connectivity index (χ4v) is 14.6. The van der Waals surface area contributed by atoms with Crippen LogP contribution in [0.3, 0.4) is 0 Å². The third-order valence-corrected chi connectivity index (χ3v) is 18.3. The first kappa shape index (κ1) is 41.0. The normalized spacial score (nSPS) is 47.5. The molecule has 4 N–H and O–H groups in total. The van der Waals surface area contributed by atoms with Gasteiger partial charge in [-0.1, -0.05) is 90.3 Å². The number of piperazine rings is 1. The molecule has 2 heterocycles. The van der Waals surface area contributed by atoms with E-state index in [2.05, 4.69) is 59.4 Å². The van der Waals surface area contributed by atoms with Crippen molar-refractivity contribution < 1.29 is 34.7 Å². The molecule has 0 spiro atoms. The lowest BCUT2D eigenvalue weighted by Crippen LogP contribution is -2.65. The van der Waals surface area contributed by atoms with Crippen molar-refractivity contribution in [2.75, 3.05) is 31.1 Å². The Morgan fingerprint density at radius 1 is 0.893 bits per heavy atom. The minimum atomic E-state index is -1.58. The van der Waals surface area contributed by atoms with E-state index in [1.807, 2.05) is 29.2 Å². The van der Waals surface area contributed by atoms with Gasteiger partial charge in [-0.3, -0.25) is 4.79 Å². The molecule has 312 valence electrons. The van der Waals surface area contributed by atoms with Crippen molar-refractivity contribution in [3.8, 4) is 0 Å². The van der Waals surface area contributed by atoms with E-state index in [-0.39, 0.29) is 28.7 Å². The first-order chi connectivity index (χ1) is 26.3. The minimum absolute atomic E-state index is 0.0400. The largest absolute Gasteiger partial charge is 0.394 e. The number of hydrogen-bond acceptors (Lipinski definition) is 8. The van der Waals surface area contributed by atoms with Crippen LogP contribution in [0.4, 0.5) is 5.69 Å². The van der Waals surface area contributed by atoms with Gasteiger partial charge in [-0.05, 0) is 121 Å². The van der Waals surface area contributed by atoms with Gasteiger partial charge in [0.15, 0.2) is 12.5 Å². The highest BCUT2D eigenvalue weighted by molar-refractivity contribution is 6.33. The van der Waals surface area contributed by atoms with Crippen LogP contribution in [-0.2, 0) is 14.3 Å². The molecule has 6 fully saturated rings. The molecule has 4 saturated carbocycles. The fourth-order valence-electron chi connectivity index (χ4n) is 14.4. The Morgan fingerprint density at radius 2 is 1.62 bits per heavy atom. The lowest BCUT2D eigenvalue weighted by atomic mass is 9.34. The number of nitrogens with zero attached hydrogens (tertiary/aromatic N) is 2. The molecule has 2 saturated heterocycles. The Balaban J connectivity index is 1.09. The van der Waals surface area contributed by atoms with Crippen molar-refractivity contribution in [2.45, 2.75) is 156 Å². The van der Waals surface area contributed by atoms with Crippen LogP contribution in [0.1, 0.15) is 119 Å². The van der Waals surface area contributed by atoms with Crippen LogP contribution in [0, 0.1) is 50.2 Å². The van der Waals surface area contributed by atoms with Gasteiger partial charge >= 0.3 is 0 Å². The molecule has 0 aromatic heterocycles. The second kappa shape index (κ2) is 14.2. The number of halogens is 1. The maximum atomic E-state index is 15.3. The first-order valence-corrected chi connectivity index (χ1v) is 22.2. The van der Waals surface area contributed by atoms with Gasteiger partial charge in [-0.15, -0.1) is 0 Å². The summed E-state index contributed by atoms with van der Waals surface area (Å²) in [6.45, 7) is 18.3. The summed E-state index contributed by atoms with van der Waals surface area (Å²) in [7, 11) is 0. The van der Waals surface area contributed by atoms with Gasteiger partial charge in [0.25, 0.3) is 0 Å². The minimum Gasteiger partial charge on any atom is -0.394 e. The third kappa shape index (κ3) is 6.17. The molecule has 56 heavy (non-hydrogen) atoms. The van der Waals surface area contributed by atoms with Gasteiger partial charge in [0.1, 0.15) is 24.4 Å². The topological polar surface area (TPSA) is 123 Å². The monoisotopic (exact) mass is 796 g/mol. The number of aliphatic hydroxyl groups excluding tert-OH is 4. The van der Waals surface area contributed by atoms with Crippen molar-refractivity contribution >= 4 is 23.2 Å². The first-order valence-electron chi connectivity index (χ1n) is 21.8. The average Bonchev–Trinajstić information content (AvgIpc) is 3.15. The number of carbonyl (C=O) groups is 1. The zero-order chi connectivity index (χ0) is 40.2. The van der Waals surface area contributed by atoms with Crippen LogP contribution in [0.25, 0.3) is 0 Å². The van der Waals surface area contributed by atoms with Crippen LogP contribution in [0.15, 0.2) is 35.9 Å². The molecule has 1 amide bonds. The summed E-state index contributed by atoms with van der Waals surface area (Å²) >= 11 is 6.67. The highest BCUT2D eigenvalue weighted by Gasteiger charge is 2.67. The number of rotatable bonds is 5. The number of para-hydroxylation sites is 1. The number of fused-ring (bicyclic) bond motifs is 7. The molecule has 0 radical (unpaired) electrons. The van der Waals surface area contributed by atoms with Gasteiger partial charge < -0.3 is 39.7 Å². The van der Waals surface area contributed by atoms with Crippen molar-refractivity contribution in [2.24, 2.45) is 50.2 Å². The number of anilines is 1. The summed E-state index contributed by atoms with van der Waals surface area (Å²) in [5, 5.41) is 42.6. The molecule has 4 unspecified atom stereocenters. The van der Waals surface area contributed by atoms with E-state index >= 15 is 4.79 Å². The standard InChI is InChI=1S/C46H69ClN2O7/c1-41(2)16-10-17-44(5)33(41)15-18-46(7)34(44)14-13-28-29-25-43(4,20-19-42(29,3)21-22-45(28,46)6)40(54)49-24-23-48(31-12-9-8-11-30(31)47)26-35(49)56-39-38(53)37(52)36(51)32(27-50)55-39/h8-9,11-13,29,32-39,50-53H,10,14-27H2,1-7H3/t29-,32-,33?,34?,35?,36-,37-,38-,39+,42-,43?,44+,45-,46-/m1/s1. The summed E-state index contributed by atoms with van der Waals surface area (Å²) in [5.74, 6) is 1.78. The summed E-state index contributed by atoms with van der Waals surface area (Å²) in [6, 6.07) is 7.59. The SMILES string of the molecule is CC1(C(=O)N2CCN(c3ccccc3Cl)CC2O[C@@H]2O[C@H](CO)[C@@H](O)[C@@H](O)[C@H]2O)CC[C@]2(C)CC[C@]3(C)C(=CCC4[C@@]5(C)CCCC(C)(C)C5CC[C@]43C)[C@H]2C1. The van der Waals surface area contributed by atoms with Crippen LogP contribution < -0.4 is 4.90 Å². The maximum absolute atomic E-state index is 15.3. The lowest BCUT2D eigenvalue weighted by Gasteiger charge is -2.71. The van der Waals surface area contributed by atoms with Crippen molar-refractivity contribution in [1.82, 2.24) is 4.90 Å². The van der Waals surface area contributed by atoms with Crippen molar-refractivity contribution in [1.29, 1.82) is 0 Å². The van der Waals surface area contributed by atoms with Crippen LogP contribution in [-0.4, -0.2) is 94.4 Å². The zero-order valence-electron chi connectivity index (χ0n) is 35.0. The number of ether oxygens (including phenoxy) is 2. The zero-order valence-corrected chi connectivity index (χ0v) is 35.7. The lowest BCUT2D eigenvalue weighted by molar-refractivity contribution is -0.321. The van der Waals surface area contributed by atoms with Crippen LogP contribution in [0.2, 0.25) is 5.02 Å². The number of hydrogen-bond donors (Lipinski definition) is 4. The van der Waals surface area contributed by atoms with Gasteiger partial charge in [0.05, 0.1) is 23.9 Å². The Hall–Kier alpha value is -1.72. The second-order valence-corrected chi connectivity index (χ2v) is 21.7. The third-order valence-electron chi connectivity index (χ3n) is 18.0. The van der Waals surface area contributed by atoms with E-state index in [4.69, 9.17) is 21.1 Å². The van der Waals surface area contributed by atoms with Gasteiger partial charge in [-0.25, -0.2) is 0 Å². The van der Waals surface area contributed by atoms with Gasteiger partial charge in [0, 0.05) is 18.5 Å². The Bertz CT molecular complexity index is 1700. The van der Waals surface area contributed by atoms with Crippen LogP contribution in [0.5, 0.6) is 0 Å². The predicted octanol–water partition coefficient (Wildman–Crippen LogP) is 7.32. The van der Waals surface area contributed by atoms with Gasteiger partial charge in [-0.2, -0.15) is 0 Å². The highest BCUT2D eigenvalue weighted by Crippen LogP contribution is 2.75. The molecule has 2 aliphatic heterocycles. The molecule has 5 aliphatic carbocycles. The van der Waals surface area contributed by atoms with E-state index in [9.17, 15) is 20.4 Å². The second-order valence-electron chi connectivity index (χ2n) is 21.3. The molecule has 1 aromatic rings. The molecule has 10 heteroatoms. The fraction of sp³-hybridized carbons (Fsp3) is 0.804. The molecule has 1 aromatic carbocycles. The average molecular weight is 798 g/mol. The van der Waals surface area contributed by atoms with E-state index in [0.717, 1.165) is 37.3 Å². The van der Waals surface area contributed by atoms with E-state index in [1.54, 1.807) is 5.57 Å². The predicted molar refractivity (Wildman–Crippen MR) is 218 cm³/mol. The smallest absolute Gasteiger partial charge is 0.230 e. The molecule has 0 bridgehead atoms. The van der Waals surface area contributed by atoms with E-state index in [1.165, 1.54) is 44.9 Å². The van der Waals surface area contributed by atoms with Crippen LogP contribution >= 0.6 is 11.6 Å². The Morgan fingerprint density at radius 3 is 2.36 bits per heavy atom. The summed E-state index contributed by atoms with van der Waals surface area (Å²) in [6.07, 6.45) is 7.38. The van der Waals surface area contributed by atoms with Gasteiger partial charge in [0.2, 0.25) is 5.91 Å². The Labute approximate surface area is 340 Å². The summed E-state index contributed by atoms with van der Waals surface area (Å²) in [5.41, 5.74) is 2.98. The number of benzene rings is 1. The summed E-state index contributed by atoms with van der Waals surface area (Å²) < 4.78 is 12.3. The molecule has 14 atom stereocenters. The quantitative estimate of drug-likeness (QED) is 0.229. The molecule has 7 aliphatic rings. The maximum Gasteiger partial charge on any atom is 0.230 e. The van der Waals surface area contributed by atoms with Crippen molar-refractivity contribution in [3.05, 3.63) is 40.9 Å². The molecule has 8 rings (SSSR count). The molecular weight excluding hydrogens is 728 g/mol. The number of carbonyl (C=O) groups excluding carboxylic acids is 1. The van der Waals surface area contributed by atoms with E-state index in [0.29, 0.717) is 40.8 Å². The number of allylic oxidation sites excluding steroid dienone is 2. The Kier molecular flexibility index (Phi) is 10.4. The molecule has 9 nitrogen and oxygen atoms in total. The van der Waals surface area contributed by atoms with E-state index < -0.39 is 49.0 Å². The number of amides is 1. The summed E-state index contributed by atoms with van der Waals surface area (Å²) in [4.78, 5) is 19.2. The van der Waals surface area contributed by atoms with Crippen molar-refractivity contribution in [3.63, 3.8) is 0 Å². The highest BCUT2D eigenvalue weighted by atomic mass is 35.5. The molecular formula is C46H69ClN2O7.